The fourth-order valence-electron chi connectivity index (χ4n) is 0.718. The monoisotopic (exact) mass is 202 g/mol. The molecule has 0 bridgehead atoms. The lowest BCUT2D eigenvalue weighted by Gasteiger charge is -1.98. The van der Waals surface area contributed by atoms with Crippen molar-refractivity contribution >= 4 is 29.9 Å². The van der Waals surface area contributed by atoms with Crippen molar-refractivity contribution in [2.24, 2.45) is 5.73 Å². The van der Waals surface area contributed by atoms with Gasteiger partial charge in [0, 0.05) is 23.4 Å². The summed E-state index contributed by atoms with van der Waals surface area (Å²) in [4.78, 5) is 12.7. The SMILES string of the molecule is NCCNC(=O)c1cc(S)cs1. The number of thiophene rings is 1. The third kappa shape index (κ3) is 2.51. The predicted molar refractivity (Wildman–Crippen MR) is 53.0 cm³/mol. The van der Waals surface area contributed by atoms with Gasteiger partial charge in [0.05, 0.1) is 4.88 Å². The van der Waals surface area contributed by atoms with E-state index in [1.807, 2.05) is 5.38 Å². The molecule has 0 aromatic carbocycles. The summed E-state index contributed by atoms with van der Waals surface area (Å²) in [7, 11) is 0. The van der Waals surface area contributed by atoms with Crippen LogP contribution in [0.2, 0.25) is 0 Å². The second kappa shape index (κ2) is 4.49. The van der Waals surface area contributed by atoms with Crippen LogP contribution in [-0.4, -0.2) is 19.0 Å². The average molecular weight is 202 g/mol. The predicted octanol–water partition coefficient (Wildman–Crippen LogP) is 0.725. The van der Waals surface area contributed by atoms with E-state index in [2.05, 4.69) is 17.9 Å². The number of nitrogens with one attached hydrogen (secondary N) is 1. The van der Waals surface area contributed by atoms with E-state index in [4.69, 9.17) is 5.73 Å². The van der Waals surface area contributed by atoms with Gasteiger partial charge in [-0.3, -0.25) is 4.79 Å². The van der Waals surface area contributed by atoms with Gasteiger partial charge in [0.1, 0.15) is 0 Å². The highest BCUT2D eigenvalue weighted by Gasteiger charge is 2.05. The summed E-state index contributed by atoms with van der Waals surface area (Å²) < 4.78 is 0. The summed E-state index contributed by atoms with van der Waals surface area (Å²) in [5.41, 5.74) is 5.23. The molecule has 1 rings (SSSR count). The molecular weight excluding hydrogens is 192 g/mol. The number of hydrogen-bond donors (Lipinski definition) is 3. The highest BCUT2D eigenvalue weighted by atomic mass is 32.1. The maximum atomic E-state index is 11.2. The lowest BCUT2D eigenvalue weighted by atomic mass is 10.4. The van der Waals surface area contributed by atoms with Gasteiger partial charge in [-0.25, -0.2) is 0 Å². The van der Waals surface area contributed by atoms with Crippen LogP contribution in [0.4, 0.5) is 0 Å². The highest BCUT2D eigenvalue weighted by Crippen LogP contribution is 2.16. The molecule has 0 unspecified atom stereocenters. The quantitative estimate of drug-likeness (QED) is 0.633. The molecule has 0 aliphatic carbocycles. The van der Waals surface area contributed by atoms with Crippen molar-refractivity contribution in [2.45, 2.75) is 4.90 Å². The molecule has 5 heteroatoms. The molecule has 66 valence electrons. The molecule has 1 amide bonds. The zero-order valence-electron chi connectivity index (χ0n) is 6.41. The van der Waals surface area contributed by atoms with E-state index in [1.165, 1.54) is 11.3 Å². The Balaban J connectivity index is 2.53. The minimum atomic E-state index is -0.0780. The van der Waals surface area contributed by atoms with Gasteiger partial charge in [0.15, 0.2) is 0 Å². The summed E-state index contributed by atoms with van der Waals surface area (Å²) >= 11 is 5.48. The Morgan fingerprint density at radius 1 is 1.75 bits per heavy atom. The van der Waals surface area contributed by atoms with Crippen LogP contribution in [0.3, 0.4) is 0 Å². The van der Waals surface area contributed by atoms with E-state index in [0.29, 0.717) is 18.0 Å². The first-order valence-electron chi connectivity index (χ1n) is 3.50. The lowest BCUT2D eigenvalue weighted by molar-refractivity contribution is 0.0958. The van der Waals surface area contributed by atoms with Gasteiger partial charge in [-0.1, -0.05) is 0 Å². The molecule has 3 N–H and O–H groups in total. The summed E-state index contributed by atoms with van der Waals surface area (Å²) in [5, 5.41) is 4.49. The summed E-state index contributed by atoms with van der Waals surface area (Å²) in [6, 6.07) is 1.74. The van der Waals surface area contributed by atoms with Gasteiger partial charge in [0.2, 0.25) is 0 Å². The molecule has 1 heterocycles. The number of nitrogens with two attached hydrogens (primary N) is 1. The van der Waals surface area contributed by atoms with Gasteiger partial charge in [-0.15, -0.1) is 24.0 Å². The van der Waals surface area contributed by atoms with Crippen molar-refractivity contribution in [3.8, 4) is 0 Å². The molecule has 0 spiro atoms. The van der Waals surface area contributed by atoms with Crippen molar-refractivity contribution in [2.75, 3.05) is 13.1 Å². The van der Waals surface area contributed by atoms with Gasteiger partial charge >= 0.3 is 0 Å². The molecular formula is C7H10N2OS2. The third-order valence-corrected chi connectivity index (χ3v) is 2.60. The second-order valence-corrected chi connectivity index (χ2v) is 3.64. The van der Waals surface area contributed by atoms with E-state index < -0.39 is 0 Å². The van der Waals surface area contributed by atoms with E-state index >= 15 is 0 Å². The van der Waals surface area contributed by atoms with Crippen LogP contribution < -0.4 is 11.1 Å². The van der Waals surface area contributed by atoms with Crippen molar-refractivity contribution in [1.29, 1.82) is 0 Å². The summed E-state index contributed by atoms with van der Waals surface area (Å²) in [6.07, 6.45) is 0. The molecule has 0 radical (unpaired) electrons. The Hall–Kier alpha value is -0.520. The maximum Gasteiger partial charge on any atom is 0.261 e. The fourth-order valence-corrected chi connectivity index (χ4v) is 1.78. The van der Waals surface area contributed by atoms with E-state index in [1.54, 1.807) is 6.07 Å². The van der Waals surface area contributed by atoms with Crippen molar-refractivity contribution in [1.82, 2.24) is 5.32 Å². The molecule has 1 aromatic heterocycles. The first kappa shape index (κ1) is 9.57. The topological polar surface area (TPSA) is 55.1 Å². The largest absolute Gasteiger partial charge is 0.350 e. The zero-order valence-corrected chi connectivity index (χ0v) is 8.12. The van der Waals surface area contributed by atoms with Crippen LogP contribution in [0, 0.1) is 0 Å². The molecule has 12 heavy (non-hydrogen) atoms. The number of amides is 1. The molecule has 3 nitrogen and oxygen atoms in total. The van der Waals surface area contributed by atoms with Crippen LogP contribution >= 0.6 is 24.0 Å². The Morgan fingerprint density at radius 2 is 2.50 bits per heavy atom. The molecule has 0 saturated carbocycles. The standard InChI is InChI=1S/C7H10N2OS2/c8-1-2-9-7(10)6-3-5(11)4-12-6/h3-4,11H,1-2,8H2,(H,9,10). The van der Waals surface area contributed by atoms with Gasteiger partial charge in [-0.2, -0.15) is 0 Å². The van der Waals surface area contributed by atoms with Crippen LogP contribution in [0.15, 0.2) is 16.3 Å². The zero-order chi connectivity index (χ0) is 8.97. The minimum absolute atomic E-state index is 0.0780. The van der Waals surface area contributed by atoms with Crippen LogP contribution in [0.5, 0.6) is 0 Å². The molecule has 0 atom stereocenters. The molecule has 1 aromatic rings. The number of rotatable bonds is 3. The molecule has 0 aliphatic rings. The first-order valence-corrected chi connectivity index (χ1v) is 4.82. The molecule has 0 aliphatic heterocycles. The second-order valence-electron chi connectivity index (χ2n) is 2.21. The van der Waals surface area contributed by atoms with Gasteiger partial charge in [0.25, 0.3) is 5.91 Å². The Kier molecular flexibility index (Phi) is 3.58. The fraction of sp³-hybridized carbons (Fsp3) is 0.286. The average Bonchev–Trinajstić information content (AvgIpc) is 2.47. The number of hydrogen-bond acceptors (Lipinski definition) is 4. The molecule has 0 saturated heterocycles. The number of thiol groups is 1. The van der Waals surface area contributed by atoms with Crippen LogP contribution in [0.1, 0.15) is 9.67 Å². The Bertz CT molecular complexity index is 272. The normalized spacial score (nSPS) is 9.83. The summed E-state index contributed by atoms with van der Waals surface area (Å²) in [6.45, 7) is 0.976. The minimum Gasteiger partial charge on any atom is -0.350 e. The van der Waals surface area contributed by atoms with Crippen molar-refractivity contribution in [3.05, 3.63) is 16.3 Å². The first-order chi connectivity index (χ1) is 5.74. The Morgan fingerprint density at radius 3 is 3.00 bits per heavy atom. The van der Waals surface area contributed by atoms with Gasteiger partial charge in [-0.05, 0) is 6.07 Å². The van der Waals surface area contributed by atoms with Crippen LogP contribution in [-0.2, 0) is 0 Å². The lowest BCUT2D eigenvalue weighted by Crippen LogP contribution is -2.28. The number of carbonyl (C=O) groups is 1. The summed E-state index contributed by atoms with van der Waals surface area (Å²) in [5.74, 6) is -0.0780. The number of carbonyl (C=O) groups excluding carboxylic acids is 1. The highest BCUT2D eigenvalue weighted by molar-refractivity contribution is 7.80. The van der Waals surface area contributed by atoms with E-state index in [-0.39, 0.29) is 5.91 Å². The smallest absolute Gasteiger partial charge is 0.261 e. The van der Waals surface area contributed by atoms with Crippen molar-refractivity contribution < 1.29 is 4.79 Å². The van der Waals surface area contributed by atoms with E-state index in [9.17, 15) is 4.79 Å². The Labute approximate surface area is 80.4 Å². The van der Waals surface area contributed by atoms with E-state index in [0.717, 1.165) is 4.90 Å². The molecule has 0 fully saturated rings. The van der Waals surface area contributed by atoms with Gasteiger partial charge < -0.3 is 11.1 Å². The van der Waals surface area contributed by atoms with Crippen LogP contribution in [0.25, 0.3) is 0 Å². The van der Waals surface area contributed by atoms with Crippen molar-refractivity contribution in [3.63, 3.8) is 0 Å². The maximum absolute atomic E-state index is 11.2. The third-order valence-electron chi connectivity index (χ3n) is 1.24.